The largest absolute Gasteiger partial charge is 0.467 e. The Morgan fingerprint density at radius 2 is 1.39 bits per heavy atom. The minimum absolute atomic E-state index is 0.0927. The van der Waals surface area contributed by atoms with Gasteiger partial charge in [-0.3, -0.25) is 28.9 Å². The van der Waals surface area contributed by atoms with Crippen LogP contribution in [0.15, 0.2) is 5.16 Å². The smallest absolute Gasteiger partial charge is 0.437 e. The number of nitrogens with zero attached hydrogens (tertiary/aromatic N) is 3. The number of esters is 4. The maximum absolute atomic E-state index is 12.4. The Morgan fingerprint density at radius 3 is 1.87 bits per heavy atom. The molecule has 1 heterocycles. The third-order valence-corrected chi connectivity index (χ3v) is 5.20. The fourth-order valence-electron chi connectivity index (χ4n) is 2.96. The number of ether oxygens (including phenoxy) is 6. The van der Waals surface area contributed by atoms with Crippen LogP contribution in [-0.4, -0.2) is 123 Å². The van der Waals surface area contributed by atoms with E-state index in [1.54, 1.807) is 6.26 Å². The highest BCUT2D eigenvalue weighted by Gasteiger charge is 2.55. The molecule has 1 aliphatic heterocycles. The maximum Gasteiger partial charge on any atom is 0.437 e. The Balaban J connectivity index is 3.18. The molecule has 16 nitrogen and oxygen atoms in total. The van der Waals surface area contributed by atoms with Gasteiger partial charge in [-0.25, -0.2) is 9.59 Å². The summed E-state index contributed by atoms with van der Waals surface area (Å²) in [6, 6.07) is 0. The number of methoxy groups -OCH3 is 1. The van der Waals surface area contributed by atoms with Gasteiger partial charge in [0.25, 0.3) is 5.91 Å². The van der Waals surface area contributed by atoms with Crippen LogP contribution in [0.2, 0.25) is 0 Å². The van der Waals surface area contributed by atoms with E-state index in [-0.39, 0.29) is 5.04 Å². The summed E-state index contributed by atoms with van der Waals surface area (Å²) in [5.41, 5.74) is 0. The molecule has 1 rings (SSSR count). The minimum Gasteiger partial charge on any atom is -0.467 e. The third kappa shape index (κ3) is 9.46. The van der Waals surface area contributed by atoms with Crippen molar-refractivity contribution in [2.45, 2.75) is 51.5 Å². The number of carbonyl (C=O) groups is 6. The van der Waals surface area contributed by atoms with Crippen molar-refractivity contribution < 1.29 is 62.0 Å². The predicted molar refractivity (Wildman–Crippen MR) is 127 cm³/mol. The summed E-state index contributed by atoms with van der Waals surface area (Å²) in [4.78, 5) is 79.0. The lowest BCUT2D eigenvalue weighted by atomic mass is 9.97. The van der Waals surface area contributed by atoms with Crippen LogP contribution in [0.3, 0.4) is 0 Å². The van der Waals surface area contributed by atoms with Crippen molar-refractivity contribution in [2.75, 3.05) is 41.2 Å². The molecule has 17 heteroatoms. The lowest BCUT2D eigenvalue weighted by Gasteiger charge is -2.43. The monoisotopic (exact) mass is 565 g/mol. The Labute approximate surface area is 222 Å². The first-order valence-corrected chi connectivity index (χ1v) is 12.1. The molecular formula is C21H31N3O13S. The second-order valence-electron chi connectivity index (χ2n) is 7.82. The Morgan fingerprint density at radius 1 is 0.868 bits per heavy atom. The van der Waals surface area contributed by atoms with E-state index in [9.17, 15) is 28.8 Å². The van der Waals surface area contributed by atoms with Gasteiger partial charge in [0.2, 0.25) is 11.3 Å². The van der Waals surface area contributed by atoms with Gasteiger partial charge in [0.1, 0.15) is 6.73 Å². The zero-order valence-corrected chi connectivity index (χ0v) is 23.0. The number of amides is 2. The molecule has 0 aromatic heterocycles. The lowest BCUT2D eigenvalue weighted by molar-refractivity contribution is -0.306. The highest BCUT2D eigenvalue weighted by molar-refractivity contribution is 8.15. The van der Waals surface area contributed by atoms with E-state index in [2.05, 4.69) is 5.16 Å². The van der Waals surface area contributed by atoms with Crippen molar-refractivity contribution in [3.63, 3.8) is 0 Å². The van der Waals surface area contributed by atoms with E-state index in [1.807, 2.05) is 0 Å². The van der Waals surface area contributed by atoms with Crippen molar-refractivity contribution >= 4 is 52.7 Å². The molecule has 214 valence electrons. The van der Waals surface area contributed by atoms with Crippen LogP contribution in [0.5, 0.6) is 0 Å². The quantitative estimate of drug-likeness (QED) is 0.0696. The fourth-order valence-corrected chi connectivity index (χ4v) is 3.43. The van der Waals surface area contributed by atoms with Crippen LogP contribution in [0.1, 0.15) is 20.8 Å². The molecule has 0 aliphatic carbocycles. The Hall–Kier alpha value is -3.44. The number of oxime groups is 1. The summed E-state index contributed by atoms with van der Waals surface area (Å²) < 4.78 is 31.4. The topological polar surface area (TPSA) is 186 Å². The summed E-state index contributed by atoms with van der Waals surface area (Å²) in [7, 11) is 5.28. The van der Waals surface area contributed by atoms with Crippen LogP contribution < -0.4 is 0 Å². The van der Waals surface area contributed by atoms with Crippen LogP contribution in [0.25, 0.3) is 0 Å². The zero-order valence-electron chi connectivity index (χ0n) is 22.2. The summed E-state index contributed by atoms with van der Waals surface area (Å²) >= 11 is 0.959. The molecule has 0 unspecified atom stereocenters. The lowest BCUT2D eigenvalue weighted by Crippen LogP contribution is -2.64. The summed E-state index contributed by atoms with van der Waals surface area (Å²) in [6.45, 7) is 2.56. The number of thioether (sulfide) groups is 1. The average Bonchev–Trinajstić information content (AvgIpc) is 2.83. The molecule has 1 aliphatic rings. The molecule has 0 aromatic carbocycles. The molecule has 0 N–H and O–H groups in total. The van der Waals surface area contributed by atoms with Gasteiger partial charge in [0.05, 0.1) is 7.11 Å². The molecule has 1 saturated heterocycles. The van der Waals surface area contributed by atoms with E-state index in [1.165, 1.54) is 26.0 Å². The van der Waals surface area contributed by atoms with Gasteiger partial charge in [0, 0.05) is 41.9 Å². The van der Waals surface area contributed by atoms with E-state index in [0.29, 0.717) is 0 Å². The third-order valence-electron chi connectivity index (χ3n) is 4.57. The van der Waals surface area contributed by atoms with Crippen molar-refractivity contribution in [2.24, 2.45) is 5.16 Å². The first kappa shape index (κ1) is 32.6. The van der Waals surface area contributed by atoms with Gasteiger partial charge in [-0.2, -0.15) is 0 Å². The van der Waals surface area contributed by atoms with Crippen molar-refractivity contribution in [1.82, 2.24) is 9.80 Å². The standard InChI is InChI=1S/C21H31N3O13S/c1-10(25)33-13-14(34-11(2)26)16(35-12(3)27)20(36-15(13)19(29)31-7)32-9-24(6)21(30)37-22-17(38-8)18(28)23(4)5/h13-16,20H,9H2,1-8H3/b22-17-/t13-,14-,15-,16+,20+/m0/s1. The first-order chi connectivity index (χ1) is 17.7. The highest BCUT2D eigenvalue weighted by atomic mass is 32.2. The second-order valence-corrected chi connectivity index (χ2v) is 8.62. The Kier molecular flexibility index (Phi) is 12.9. The SMILES string of the molecule is COC(=O)[C@H]1O[C@@H](OCN(C)C(=O)O/N=C(\SC)C(=O)N(C)C)[C@H](OC(C)=O)[C@@H](OC(C)=O)[C@@H]1OC(C)=O. The van der Waals surface area contributed by atoms with Crippen molar-refractivity contribution in [3.05, 3.63) is 0 Å². The van der Waals surface area contributed by atoms with Crippen LogP contribution >= 0.6 is 11.8 Å². The zero-order chi connectivity index (χ0) is 29.2. The summed E-state index contributed by atoms with van der Waals surface area (Å²) in [5.74, 6) is -4.06. The molecule has 1 fully saturated rings. The predicted octanol–water partition coefficient (Wildman–Crippen LogP) is -0.513. The van der Waals surface area contributed by atoms with Gasteiger partial charge in [-0.05, 0) is 6.26 Å². The van der Waals surface area contributed by atoms with Gasteiger partial charge in [-0.1, -0.05) is 5.16 Å². The van der Waals surface area contributed by atoms with E-state index < -0.39 is 73.3 Å². The maximum atomic E-state index is 12.4. The summed E-state index contributed by atoms with van der Waals surface area (Å²) in [6.07, 6.45) is -7.40. The molecule has 0 radical (unpaired) electrons. The molecular weight excluding hydrogens is 534 g/mol. The Bertz CT molecular complexity index is 941. The molecule has 38 heavy (non-hydrogen) atoms. The van der Waals surface area contributed by atoms with Crippen LogP contribution in [-0.2, 0) is 57.2 Å². The molecule has 0 bridgehead atoms. The molecule has 0 aromatic rings. The van der Waals surface area contributed by atoms with Crippen LogP contribution in [0.4, 0.5) is 4.79 Å². The van der Waals surface area contributed by atoms with E-state index >= 15 is 0 Å². The number of hydrogen-bond acceptors (Lipinski definition) is 15. The normalized spacial score (nSPS) is 22.9. The second kappa shape index (κ2) is 15.1. The molecule has 5 atom stereocenters. The molecule has 0 saturated carbocycles. The number of carbonyl (C=O) groups excluding carboxylic acids is 6. The summed E-state index contributed by atoms with van der Waals surface area (Å²) in [5, 5.41) is 3.44. The van der Waals surface area contributed by atoms with E-state index in [0.717, 1.165) is 44.5 Å². The van der Waals surface area contributed by atoms with Gasteiger partial charge < -0.3 is 33.3 Å². The van der Waals surface area contributed by atoms with E-state index in [4.69, 9.17) is 33.3 Å². The van der Waals surface area contributed by atoms with Crippen molar-refractivity contribution in [1.29, 1.82) is 0 Å². The van der Waals surface area contributed by atoms with Gasteiger partial charge in [-0.15, -0.1) is 11.8 Å². The highest BCUT2D eigenvalue weighted by Crippen LogP contribution is 2.30. The minimum atomic E-state index is -1.66. The first-order valence-electron chi connectivity index (χ1n) is 10.9. The molecule has 0 spiro atoms. The fraction of sp³-hybridized carbons (Fsp3) is 0.667. The van der Waals surface area contributed by atoms with Gasteiger partial charge >= 0.3 is 30.0 Å². The average molecular weight is 566 g/mol. The van der Waals surface area contributed by atoms with Gasteiger partial charge in [0.15, 0.2) is 24.4 Å². The number of rotatable bonds is 8. The van der Waals surface area contributed by atoms with Crippen molar-refractivity contribution in [3.8, 4) is 0 Å². The molecule has 2 amide bonds. The van der Waals surface area contributed by atoms with Crippen LogP contribution in [0, 0.1) is 0 Å². The number of hydrogen-bond donors (Lipinski definition) is 0.